The van der Waals surface area contributed by atoms with Crippen LogP contribution in [0.25, 0.3) is 0 Å². The number of halogens is 2. The van der Waals surface area contributed by atoms with Crippen LogP contribution in [0.5, 0.6) is 0 Å². The molecule has 0 atom stereocenters. The molecule has 3 rings (SSSR count). The van der Waals surface area contributed by atoms with Gasteiger partial charge >= 0.3 is 0 Å². The summed E-state index contributed by atoms with van der Waals surface area (Å²) in [5.74, 6) is -0.295. The Kier molecular flexibility index (Phi) is 5.07. The van der Waals surface area contributed by atoms with Gasteiger partial charge in [-0.15, -0.1) is 0 Å². The summed E-state index contributed by atoms with van der Waals surface area (Å²) in [5.41, 5.74) is 1.49. The second-order valence-electron chi connectivity index (χ2n) is 5.63. The zero-order valence-electron chi connectivity index (χ0n) is 12.9. The van der Waals surface area contributed by atoms with Gasteiger partial charge < -0.3 is 10.2 Å². The molecule has 0 spiro atoms. The first-order valence-corrected chi connectivity index (χ1v) is 8.46. The highest BCUT2D eigenvalue weighted by Gasteiger charge is 2.19. The molecule has 0 saturated carbocycles. The van der Waals surface area contributed by atoms with Gasteiger partial charge in [-0.1, -0.05) is 29.3 Å². The lowest BCUT2D eigenvalue weighted by atomic mass is 10.1. The monoisotopic (exact) mass is 362 g/mol. The molecule has 0 aliphatic carbocycles. The summed E-state index contributed by atoms with van der Waals surface area (Å²) in [7, 11) is 0. The molecule has 0 unspecified atom stereocenters. The predicted molar refractivity (Wildman–Crippen MR) is 96.0 cm³/mol. The number of carbonyl (C=O) groups is 2. The highest BCUT2D eigenvalue weighted by molar-refractivity contribution is 6.44. The molecule has 1 fully saturated rings. The Morgan fingerprint density at radius 3 is 2.21 bits per heavy atom. The van der Waals surface area contributed by atoms with Crippen LogP contribution in [-0.2, 0) is 0 Å². The van der Waals surface area contributed by atoms with E-state index in [-0.39, 0.29) is 11.8 Å². The number of amides is 2. The molecule has 1 heterocycles. The lowest BCUT2D eigenvalue weighted by Gasteiger charge is -2.15. The third kappa shape index (κ3) is 3.55. The number of nitrogens with zero attached hydrogens (tertiary/aromatic N) is 1. The molecule has 2 amide bonds. The molecule has 0 radical (unpaired) electrons. The van der Waals surface area contributed by atoms with Crippen molar-refractivity contribution in [2.75, 3.05) is 18.4 Å². The van der Waals surface area contributed by atoms with Crippen molar-refractivity contribution in [3.8, 4) is 0 Å². The van der Waals surface area contributed by atoms with E-state index in [0.717, 1.165) is 25.9 Å². The van der Waals surface area contributed by atoms with Gasteiger partial charge in [-0.3, -0.25) is 9.59 Å². The maximum atomic E-state index is 12.3. The molecule has 1 aliphatic rings. The molecule has 2 aromatic rings. The SMILES string of the molecule is O=C(Nc1cccc(Cl)c1Cl)c1ccc(C(=O)N2CCCC2)cc1. The second-order valence-corrected chi connectivity index (χ2v) is 6.42. The van der Waals surface area contributed by atoms with Gasteiger partial charge in [0.1, 0.15) is 0 Å². The third-order valence-electron chi connectivity index (χ3n) is 3.99. The van der Waals surface area contributed by atoms with E-state index in [1.165, 1.54) is 0 Å². The summed E-state index contributed by atoms with van der Waals surface area (Å²) in [5, 5.41) is 3.40. The molecule has 4 nitrogen and oxygen atoms in total. The minimum atomic E-state index is -0.306. The minimum absolute atomic E-state index is 0.0114. The number of likely N-dealkylation sites (tertiary alicyclic amines) is 1. The van der Waals surface area contributed by atoms with Crippen molar-refractivity contribution in [3.05, 3.63) is 63.6 Å². The summed E-state index contributed by atoms with van der Waals surface area (Å²) < 4.78 is 0. The van der Waals surface area contributed by atoms with Crippen LogP contribution in [0.2, 0.25) is 10.0 Å². The smallest absolute Gasteiger partial charge is 0.255 e. The first-order chi connectivity index (χ1) is 11.6. The van der Waals surface area contributed by atoms with Crippen LogP contribution >= 0.6 is 23.2 Å². The summed E-state index contributed by atoms with van der Waals surface area (Å²) in [6, 6.07) is 11.7. The second kappa shape index (κ2) is 7.24. The van der Waals surface area contributed by atoms with E-state index in [9.17, 15) is 9.59 Å². The van der Waals surface area contributed by atoms with Crippen LogP contribution < -0.4 is 5.32 Å². The third-order valence-corrected chi connectivity index (χ3v) is 4.81. The lowest BCUT2D eigenvalue weighted by Crippen LogP contribution is -2.27. The zero-order valence-corrected chi connectivity index (χ0v) is 14.4. The Hall–Kier alpha value is -2.04. The Bertz CT molecular complexity index is 769. The van der Waals surface area contributed by atoms with Crippen molar-refractivity contribution >= 4 is 40.7 Å². The normalized spacial score (nSPS) is 13.8. The maximum Gasteiger partial charge on any atom is 0.255 e. The molecular formula is C18H16Cl2N2O2. The zero-order chi connectivity index (χ0) is 17.1. The van der Waals surface area contributed by atoms with Gasteiger partial charge in [-0.25, -0.2) is 0 Å². The average Bonchev–Trinajstić information content (AvgIpc) is 3.13. The minimum Gasteiger partial charge on any atom is -0.339 e. The Balaban J connectivity index is 1.72. The van der Waals surface area contributed by atoms with E-state index in [4.69, 9.17) is 23.2 Å². The van der Waals surface area contributed by atoms with Gasteiger partial charge in [0.05, 0.1) is 15.7 Å². The van der Waals surface area contributed by atoms with Gasteiger partial charge in [0.15, 0.2) is 0 Å². The number of rotatable bonds is 3. The summed E-state index contributed by atoms with van der Waals surface area (Å²) in [6.45, 7) is 1.60. The molecule has 1 saturated heterocycles. The molecule has 24 heavy (non-hydrogen) atoms. The number of hydrogen-bond donors (Lipinski definition) is 1. The number of carbonyl (C=O) groups excluding carboxylic acids is 2. The fourth-order valence-electron chi connectivity index (χ4n) is 2.66. The maximum absolute atomic E-state index is 12.3. The van der Waals surface area contributed by atoms with Crippen LogP contribution in [0.3, 0.4) is 0 Å². The van der Waals surface area contributed by atoms with Crippen LogP contribution in [0.15, 0.2) is 42.5 Å². The number of nitrogens with one attached hydrogen (secondary N) is 1. The van der Waals surface area contributed by atoms with Crippen molar-refractivity contribution in [2.24, 2.45) is 0 Å². The number of anilines is 1. The van der Waals surface area contributed by atoms with Crippen LogP contribution in [0, 0.1) is 0 Å². The number of hydrogen-bond acceptors (Lipinski definition) is 2. The molecular weight excluding hydrogens is 347 g/mol. The van der Waals surface area contributed by atoms with Crippen molar-refractivity contribution in [1.29, 1.82) is 0 Å². The molecule has 0 bridgehead atoms. The first kappa shape index (κ1) is 16.8. The quantitative estimate of drug-likeness (QED) is 0.874. The summed E-state index contributed by atoms with van der Waals surface area (Å²) in [6.07, 6.45) is 2.10. The van der Waals surface area contributed by atoms with Crippen LogP contribution in [0.1, 0.15) is 33.6 Å². The van der Waals surface area contributed by atoms with E-state index in [2.05, 4.69) is 5.32 Å². The predicted octanol–water partition coefficient (Wildman–Crippen LogP) is 4.48. The average molecular weight is 363 g/mol. The van der Waals surface area contributed by atoms with Gasteiger partial charge in [0, 0.05) is 24.2 Å². The van der Waals surface area contributed by atoms with E-state index in [1.807, 2.05) is 4.90 Å². The summed E-state index contributed by atoms with van der Waals surface area (Å²) >= 11 is 12.0. The Morgan fingerprint density at radius 2 is 1.54 bits per heavy atom. The van der Waals surface area contributed by atoms with Crippen LogP contribution in [0.4, 0.5) is 5.69 Å². The topological polar surface area (TPSA) is 49.4 Å². The highest BCUT2D eigenvalue weighted by atomic mass is 35.5. The fourth-order valence-corrected chi connectivity index (χ4v) is 3.01. The highest BCUT2D eigenvalue weighted by Crippen LogP contribution is 2.29. The molecule has 1 N–H and O–H groups in total. The number of benzene rings is 2. The molecule has 124 valence electrons. The Labute approximate surface area is 150 Å². The van der Waals surface area contributed by atoms with E-state index in [1.54, 1.807) is 42.5 Å². The van der Waals surface area contributed by atoms with Crippen molar-refractivity contribution in [2.45, 2.75) is 12.8 Å². The van der Waals surface area contributed by atoms with Crippen molar-refractivity contribution in [3.63, 3.8) is 0 Å². The van der Waals surface area contributed by atoms with Crippen molar-refractivity contribution in [1.82, 2.24) is 4.90 Å². The molecule has 2 aromatic carbocycles. The standard InChI is InChI=1S/C18H16Cl2N2O2/c19-14-4-3-5-15(16(14)20)21-17(23)12-6-8-13(9-7-12)18(24)22-10-1-2-11-22/h3-9H,1-2,10-11H2,(H,21,23). The van der Waals surface area contributed by atoms with Gasteiger partial charge in [-0.2, -0.15) is 0 Å². The van der Waals surface area contributed by atoms with E-state index in [0.29, 0.717) is 26.9 Å². The van der Waals surface area contributed by atoms with Gasteiger partial charge in [-0.05, 0) is 49.2 Å². The van der Waals surface area contributed by atoms with Crippen LogP contribution in [-0.4, -0.2) is 29.8 Å². The fraction of sp³-hybridized carbons (Fsp3) is 0.222. The van der Waals surface area contributed by atoms with E-state index >= 15 is 0 Å². The Morgan fingerprint density at radius 1 is 0.917 bits per heavy atom. The van der Waals surface area contributed by atoms with E-state index < -0.39 is 0 Å². The van der Waals surface area contributed by atoms with Gasteiger partial charge in [0.2, 0.25) is 0 Å². The molecule has 1 aliphatic heterocycles. The largest absolute Gasteiger partial charge is 0.339 e. The van der Waals surface area contributed by atoms with Crippen molar-refractivity contribution < 1.29 is 9.59 Å². The summed E-state index contributed by atoms with van der Waals surface area (Å²) in [4.78, 5) is 26.4. The van der Waals surface area contributed by atoms with Gasteiger partial charge in [0.25, 0.3) is 11.8 Å². The molecule has 6 heteroatoms. The molecule has 0 aromatic heterocycles. The lowest BCUT2D eigenvalue weighted by molar-refractivity contribution is 0.0792. The first-order valence-electron chi connectivity index (χ1n) is 7.71.